The van der Waals surface area contributed by atoms with Crippen LogP contribution in [0.2, 0.25) is 0 Å². The number of carbonyl (C=O) groups is 2. The Kier molecular flexibility index (Phi) is 6.83. The van der Waals surface area contributed by atoms with Crippen LogP contribution in [0.1, 0.15) is 73.1 Å². The highest BCUT2D eigenvalue weighted by molar-refractivity contribution is 6.26. The zero-order valence-corrected chi connectivity index (χ0v) is 23.4. The molecule has 0 amide bonds. The maximum Gasteiger partial charge on any atom is 0.346 e. The normalized spacial score (nSPS) is 48.1. The smallest absolute Gasteiger partial charge is 0.346 e. The lowest BCUT2D eigenvalue weighted by Crippen LogP contribution is -2.55. The third-order valence-corrected chi connectivity index (χ3v) is 10.8. The molecule has 10 atom stereocenters. The topological polar surface area (TPSA) is 104 Å². The number of ether oxygens (including phenoxy) is 1. The van der Waals surface area contributed by atoms with Crippen molar-refractivity contribution in [3.05, 3.63) is 47.3 Å². The lowest BCUT2D eigenvalue weighted by atomic mass is 9.52. The van der Waals surface area contributed by atoms with Crippen LogP contribution in [0.4, 0.5) is 0 Å². The summed E-state index contributed by atoms with van der Waals surface area (Å²) in [5, 5.41) is 32.5. The number of allylic oxidation sites excluding steroid dienone is 5. The summed E-state index contributed by atoms with van der Waals surface area (Å²) in [7, 11) is 0. The molecule has 2 bridgehead atoms. The van der Waals surface area contributed by atoms with Gasteiger partial charge in [-0.3, -0.25) is 4.79 Å². The Balaban J connectivity index is 1.72. The van der Waals surface area contributed by atoms with Gasteiger partial charge < -0.3 is 20.1 Å². The predicted octanol–water partition coefficient (Wildman–Crippen LogP) is 5.22. The molecule has 38 heavy (non-hydrogen) atoms. The summed E-state index contributed by atoms with van der Waals surface area (Å²) in [6, 6.07) is 0. The fourth-order valence-electron chi connectivity index (χ4n) is 8.73. The van der Waals surface area contributed by atoms with Crippen molar-refractivity contribution in [3.8, 4) is 0 Å². The molecule has 6 heteroatoms. The fraction of sp³-hybridized carbons (Fsp3) is 0.688. The first-order valence-electron chi connectivity index (χ1n) is 14.4. The minimum atomic E-state index is -1.50. The predicted molar refractivity (Wildman–Crippen MR) is 145 cm³/mol. The van der Waals surface area contributed by atoms with Crippen molar-refractivity contribution in [3.63, 3.8) is 0 Å². The molecule has 1 saturated carbocycles. The molecule has 0 aromatic carbocycles. The SMILES string of the molecule is C[C@H]1CC[C@@H]2[C@H](C=C[C@@H]3[C@H](C)/C=C/C[C@]4(C)C=C(CO)[C@H](C[C@@H](C)O)C[C@]45OC(=O)/C(=C(\O)[C@]32C)C5=O)C1. The highest BCUT2D eigenvalue weighted by Gasteiger charge is 2.66. The molecule has 0 unspecified atom stereocenters. The summed E-state index contributed by atoms with van der Waals surface area (Å²) in [6.07, 6.45) is 14.0. The van der Waals surface area contributed by atoms with Crippen molar-refractivity contribution in [2.24, 2.45) is 46.3 Å². The van der Waals surface area contributed by atoms with Crippen molar-refractivity contribution in [2.75, 3.05) is 6.61 Å². The van der Waals surface area contributed by atoms with E-state index in [1.54, 1.807) is 6.92 Å². The van der Waals surface area contributed by atoms with Crippen LogP contribution in [-0.4, -0.2) is 45.4 Å². The first-order chi connectivity index (χ1) is 17.9. The van der Waals surface area contributed by atoms with Gasteiger partial charge in [0.25, 0.3) is 0 Å². The number of hydrogen-bond acceptors (Lipinski definition) is 6. The van der Waals surface area contributed by atoms with Crippen LogP contribution in [0.15, 0.2) is 47.3 Å². The van der Waals surface area contributed by atoms with Crippen molar-refractivity contribution < 1.29 is 29.6 Å². The van der Waals surface area contributed by atoms with Gasteiger partial charge in [0.15, 0.2) is 5.60 Å². The first-order valence-corrected chi connectivity index (χ1v) is 14.4. The van der Waals surface area contributed by atoms with Crippen LogP contribution in [-0.2, 0) is 14.3 Å². The Morgan fingerprint density at radius 2 is 1.87 bits per heavy atom. The van der Waals surface area contributed by atoms with Gasteiger partial charge in [-0.1, -0.05) is 64.5 Å². The summed E-state index contributed by atoms with van der Waals surface area (Å²) in [5.41, 5.74) is -2.62. The molecule has 5 aliphatic rings. The molecular formula is C32H44O6. The van der Waals surface area contributed by atoms with Gasteiger partial charge in [0, 0.05) is 17.3 Å². The Labute approximate surface area is 226 Å². The highest BCUT2D eigenvalue weighted by atomic mass is 16.6. The van der Waals surface area contributed by atoms with Gasteiger partial charge >= 0.3 is 5.97 Å². The van der Waals surface area contributed by atoms with E-state index in [9.17, 15) is 24.9 Å². The molecule has 208 valence electrons. The third kappa shape index (κ3) is 3.89. The van der Waals surface area contributed by atoms with E-state index in [0.29, 0.717) is 18.8 Å². The van der Waals surface area contributed by atoms with Gasteiger partial charge in [-0.05, 0) is 73.7 Å². The average molecular weight is 525 g/mol. The van der Waals surface area contributed by atoms with E-state index in [1.807, 2.05) is 19.9 Å². The van der Waals surface area contributed by atoms with Crippen LogP contribution < -0.4 is 0 Å². The van der Waals surface area contributed by atoms with Gasteiger partial charge in [-0.15, -0.1) is 0 Å². The van der Waals surface area contributed by atoms with Crippen molar-refractivity contribution in [1.82, 2.24) is 0 Å². The zero-order valence-electron chi connectivity index (χ0n) is 23.4. The van der Waals surface area contributed by atoms with E-state index < -0.39 is 34.3 Å². The molecule has 2 fully saturated rings. The first kappa shape index (κ1) is 27.4. The number of fused-ring (bicyclic) bond motifs is 4. The molecule has 0 aromatic heterocycles. The van der Waals surface area contributed by atoms with E-state index >= 15 is 0 Å². The van der Waals surface area contributed by atoms with Crippen LogP contribution in [0.25, 0.3) is 0 Å². The largest absolute Gasteiger partial charge is 0.511 e. The highest BCUT2D eigenvalue weighted by Crippen LogP contribution is 2.60. The molecule has 0 aromatic rings. The van der Waals surface area contributed by atoms with E-state index in [-0.39, 0.29) is 53.9 Å². The summed E-state index contributed by atoms with van der Waals surface area (Å²) >= 11 is 0. The van der Waals surface area contributed by atoms with Crippen molar-refractivity contribution in [1.29, 1.82) is 0 Å². The Morgan fingerprint density at radius 3 is 2.55 bits per heavy atom. The van der Waals surface area contributed by atoms with Crippen LogP contribution in [0.3, 0.4) is 0 Å². The molecule has 4 aliphatic carbocycles. The Bertz CT molecular complexity index is 1130. The second-order valence-electron chi connectivity index (χ2n) is 13.4. The second kappa shape index (κ2) is 9.48. The van der Waals surface area contributed by atoms with Crippen LogP contribution in [0.5, 0.6) is 0 Å². The summed E-state index contributed by atoms with van der Waals surface area (Å²) in [4.78, 5) is 28.2. The Hall–Kier alpha value is -2.18. The Morgan fingerprint density at radius 1 is 1.13 bits per heavy atom. The lowest BCUT2D eigenvalue weighted by molar-refractivity contribution is -0.166. The molecule has 1 spiro atoms. The zero-order chi connectivity index (χ0) is 27.6. The van der Waals surface area contributed by atoms with E-state index in [1.165, 1.54) is 0 Å². The summed E-state index contributed by atoms with van der Waals surface area (Å²) < 4.78 is 6.12. The third-order valence-electron chi connectivity index (χ3n) is 10.8. The van der Waals surface area contributed by atoms with Gasteiger partial charge in [0.2, 0.25) is 5.78 Å². The minimum absolute atomic E-state index is 0.0717. The van der Waals surface area contributed by atoms with Gasteiger partial charge in [-0.2, -0.15) is 0 Å². The van der Waals surface area contributed by atoms with E-state index in [4.69, 9.17) is 4.74 Å². The summed E-state index contributed by atoms with van der Waals surface area (Å²) in [5.74, 6) is -0.619. The number of hydrogen-bond donors (Lipinski definition) is 3. The molecule has 6 nitrogen and oxygen atoms in total. The van der Waals surface area contributed by atoms with E-state index in [2.05, 4.69) is 38.2 Å². The van der Waals surface area contributed by atoms with Gasteiger partial charge in [0.05, 0.1) is 12.7 Å². The van der Waals surface area contributed by atoms with Crippen molar-refractivity contribution >= 4 is 11.8 Å². The minimum Gasteiger partial charge on any atom is -0.511 e. The maximum absolute atomic E-state index is 14.5. The van der Waals surface area contributed by atoms with Gasteiger partial charge in [0.1, 0.15) is 11.3 Å². The molecule has 1 aliphatic heterocycles. The maximum atomic E-state index is 14.5. The number of rotatable bonds is 3. The fourth-order valence-corrected chi connectivity index (χ4v) is 8.73. The second-order valence-corrected chi connectivity index (χ2v) is 13.4. The number of ketones is 1. The number of aliphatic hydroxyl groups is 3. The molecule has 3 N–H and O–H groups in total. The van der Waals surface area contributed by atoms with Crippen LogP contribution >= 0.6 is 0 Å². The van der Waals surface area contributed by atoms with Crippen molar-refractivity contribution in [2.45, 2.75) is 84.8 Å². The average Bonchev–Trinajstić information content (AvgIpc) is 3.09. The quantitative estimate of drug-likeness (QED) is 0.266. The van der Waals surface area contributed by atoms with E-state index in [0.717, 1.165) is 24.8 Å². The number of aliphatic hydroxyl groups excluding tert-OH is 3. The van der Waals surface area contributed by atoms with Crippen LogP contribution in [0, 0.1) is 46.3 Å². The number of esters is 1. The molecule has 5 rings (SSSR count). The lowest BCUT2D eigenvalue weighted by Gasteiger charge is -2.52. The molecular weight excluding hydrogens is 480 g/mol. The summed E-state index contributed by atoms with van der Waals surface area (Å²) in [6.45, 7) is 9.86. The molecule has 1 heterocycles. The molecule has 1 saturated heterocycles. The standard InChI is InChI=1S/C32H44O6/c1-18-8-10-25-21(13-18)9-11-24-19(2)7-6-12-30(4)15-23(17-33)22(14-20(3)34)16-32(30)28(36)26(29(37)38-32)27(35)31(24,25)5/h6-7,9,11,15,18-22,24-25,33-35H,8,10,12-14,16-17H2,1-5H3/b7-6+,27-26-/t18-,19+,20+,21+,22+,24+,25+,30+,31+,32+/m0/s1. The van der Waals surface area contributed by atoms with Gasteiger partial charge in [-0.25, -0.2) is 4.79 Å². The molecule has 0 radical (unpaired) electrons. The monoisotopic (exact) mass is 524 g/mol. The number of Topliss-reactive ketones (excluding diaryl/α,β-unsaturated/α-hetero) is 1. The number of carbonyl (C=O) groups excluding carboxylic acids is 2.